The van der Waals surface area contributed by atoms with Crippen molar-refractivity contribution >= 4 is 26.2 Å². The van der Waals surface area contributed by atoms with E-state index in [0.717, 1.165) is 0 Å². The van der Waals surface area contributed by atoms with Crippen LogP contribution >= 0.6 is 0 Å². The van der Waals surface area contributed by atoms with Crippen LogP contribution in [0.5, 0.6) is 0 Å². The third-order valence-corrected chi connectivity index (χ3v) is 0. The van der Waals surface area contributed by atoms with Crippen molar-refractivity contribution in [3.63, 3.8) is 0 Å². The molecule has 36 valence electrons. The van der Waals surface area contributed by atoms with Gasteiger partial charge in [0.15, 0.2) is 0 Å². The second-order valence-corrected chi connectivity index (χ2v) is 0. The molecule has 0 aliphatic carbocycles. The van der Waals surface area contributed by atoms with Crippen LogP contribution in [0.1, 0.15) is 0 Å². The summed E-state index contributed by atoms with van der Waals surface area (Å²) < 4.78 is 0. The van der Waals surface area contributed by atoms with Crippen LogP contribution in [0, 0.1) is 40.4 Å². The van der Waals surface area contributed by atoms with Crippen molar-refractivity contribution in [3.8, 4) is 0 Å². The summed E-state index contributed by atoms with van der Waals surface area (Å²) in [6.07, 6.45) is 0. The van der Waals surface area contributed by atoms with Crippen molar-refractivity contribution in [2.24, 2.45) is 0 Å². The molecule has 0 heterocycles. The van der Waals surface area contributed by atoms with Gasteiger partial charge in [-0.3, -0.25) is 0 Å². The molecule has 0 saturated heterocycles. The first kappa shape index (κ1) is 39.9. The quantitative estimate of drug-likeness (QED) is 0.347. The Labute approximate surface area is 108 Å². The van der Waals surface area contributed by atoms with Crippen LogP contribution in [0.2, 0.25) is 0 Å². The summed E-state index contributed by atoms with van der Waals surface area (Å²) in [7, 11) is 0. The average molecular weight is 619 g/mol. The monoisotopic (exact) mass is 621 g/mol. The maximum Gasteiger partial charge on any atom is 0 e. The van der Waals surface area contributed by atoms with Crippen LogP contribution in [0.3, 0.4) is 0 Å². The molecule has 0 radical (unpaired) electrons. The van der Waals surface area contributed by atoms with Gasteiger partial charge in [0.05, 0.1) is 0 Å². The van der Waals surface area contributed by atoms with Crippen LogP contribution in [0.4, 0.5) is 0 Å². The first-order valence-electron chi connectivity index (χ1n) is 0. The Hall–Kier alpha value is 3.39. The first-order valence-corrected chi connectivity index (χ1v) is 0. The molecule has 0 aliphatic heterocycles. The first-order chi connectivity index (χ1) is 0. The maximum absolute atomic E-state index is 0. The molecular formula is H6BiFeNSmW. The van der Waals surface area contributed by atoms with Gasteiger partial charge in [0.2, 0.25) is 0 Å². The Morgan fingerprint density at radius 3 is 1.00 bits per heavy atom. The van der Waals surface area contributed by atoms with Crippen molar-refractivity contribution in [3.05, 3.63) is 0 Å². The van der Waals surface area contributed by atoms with Crippen molar-refractivity contribution in [1.82, 2.24) is 6.15 Å². The fourth-order valence-corrected chi connectivity index (χ4v) is 0. The molecule has 3 N–H and O–H groups in total. The van der Waals surface area contributed by atoms with Gasteiger partial charge in [0.1, 0.15) is 0 Å². The zero-order valence-electron chi connectivity index (χ0n) is 2.58. The van der Waals surface area contributed by atoms with Crippen LogP contribution in [0.15, 0.2) is 0 Å². The van der Waals surface area contributed by atoms with E-state index in [0.29, 0.717) is 0 Å². The van der Waals surface area contributed by atoms with E-state index in [9.17, 15) is 0 Å². The minimum atomic E-state index is 0. The van der Waals surface area contributed by atoms with E-state index in [4.69, 9.17) is 0 Å². The number of rotatable bonds is 0. The predicted molar refractivity (Wildman–Crippen MR) is 15.0 cm³/mol. The fraction of sp³-hybridized carbons (Fsp3) is 0. The Bertz CT molecular complexity index is 11.6. The zero-order chi connectivity index (χ0) is 0. The molecule has 1 nitrogen and oxygen atoms in total. The van der Waals surface area contributed by atoms with Gasteiger partial charge in [-0.25, -0.2) is 0 Å². The third-order valence-electron chi connectivity index (χ3n) is 0. The summed E-state index contributed by atoms with van der Waals surface area (Å²) in [6, 6.07) is 0. The maximum atomic E-state index is 0. The Morgan fingerprint density at radius 2 is 1.00 bits per heavy atom. The summed E-state index contributed by atoms with van der Waals surface area (Å²) in [4.78, 5) is 0. The van der Waals surface area contributed by atoms with Crippen LogP contribution < -0.4 is 6.15 Å². The summed E-state index contributed by atoms with van der Waals surface area (Å²) in [6.45, 7) is 0. The van der Waals surface area contributed by atoms with Gasteiger partial charge >= 0.3 is 26.2 Å². The number of hydrogen-bond donors (Lipinski definition) is 1. The Balaban J connectivity index is 0. The molecular weight excluding hydrogens is 613 g/mol. The molecule has 0 aromatic heterocycles. The van der Waals surface area contributed by atoms with Gasteiger partial charge in [-0.05, 0) is 0 Å². The van der Waals surface area contributed by atoms with Gasteiger partial charge in [0.25, 0.3) is 0 Å². The smallest absolute Gasteiger partial charge is 0 e. The molecule has 0 atom stereocenters. The minimum Gasteiger partial charge on any atom is 0 e. The van der Waals surface area contributed by atoms with Crippen molar-refractivity contribution in [2.75, 3.05) is 0 Å². The minimum absolute atomic E-state index is 0. The van der Waals surface area contributed by atoms with Gasteiger partial charge in [-0.2, -0.15) is 0 Å². The molecule has 0 bridgehead atoms. The van der Waals surface area contributed by atoms with E-state index in [1.165, 1.54) is 0 Å². The van der Waals surface area contributed by atoms with Crippen LogP contribution in [-0.2, 0) is 38.1 Å². The van der Waals surface area contributed by atoms with E-state index in [-0.39, 0.29) is 111 Å². The van der Waals surface area contributed by atoms with Crippen LogP contribution in [-0.4, -0.2) is 26.2 Å². The molecule has 0 rings (SSSR count). The zero-order valence-corrected chi connectivity index (χ0v) is 14.7. The Morgan fingerprint density at radius 1 is 1.00 bits per heavy atom. The Kier molecular flexibility index (Phi) is 209. The van der Waals surface area contributed by atoms with Crippen molar-refractivity contribution < 1.29 is 78.5 Å². The molecule has 0 amide bonds. The van der Waals surface area contributed by atoms with Crippen molar-refractivity contribution in [1.29, 1.82) is 0 Å². The molecule has 5 heavy (non-hydrogen) atoms. The molecule has 0 aromatic rings. The van der Waals surface area contributed by atoms with E-state index in [1.54, 1.807) is 0 Å². The molecule has 0 spiro atoms. The van der Waals surface area contributed by atoms with E-state index < -0.39 is 0 Å². The van der Waals surface area contributed by atoms with E-state index in [1.807, 2.05) is 0 Å². The van der Waals surface area contributed by atoms with Gasteiger partial charge < -0.3 is 6.15 Å². The SMILES string of the molecule is N.[BiH3].[Fe].[Sm].[W]. The summed E-state index contributed by atoms with van der Waals surface area (Å²) in [5, 5.41) is 0. The summed E-state index contributed by atoms with van der Waals surface area (Å²) in [5.74, 6) is 0. The van der Waals surface area contributed by atoms with Crippen LogP contribution in [0.25, 0.3) is 0 Å². The largest absolute Gasteiger partial charge is 0 e. The molecule has 0 saturated carbocycles. The van der Waals surface area contributed by atoms with Crippen molar-refractivity contribution in [2.45, 2.75) is 0 Å². The third kappa shape index (κ3) is 18.7. The standard InChI is InChI=1S/Bi.Fe.H3N.Sm.W.3H/h;;1H3;;;;;. The molecule has 0 aliphatic rings. The molecule has 0 fully saturated rings. The fourth-order valence-electron chi connectivity index (χ4n) is 0. The van der Waals surface area contributed by atoms with Gasteiger partial charge in [-0.1, -0.05) is 0 Å². The second-order valence-electron chi connectivity index (χ2n) is 0. The molecule has 0 unspecified atom stereocenters. The average Bonchev–Trinajstić information content (AvgIpc) is 0. The normalized spacial score (nSPS) is 0. The second kappa shape index (κ2) is 26.3. The summed E-state index contributed by atoms with van der Waals surface area (Å²) >= 11 is 0. The number of hydrogen-bond acceptors (Lipinski definition) is 1. The summed E-state index contributed by atoms with van der Waals surface area (Å²) in [5.41, 5.74) is 0. The van der Waals surface area contributed by atoms with E-state index >= 15 is 0 Å². The molecule has 0 aromatic carbocycles. The van der Waals surface area contributed by atoms with Gasteiger partial charge in [0, 0.05) is 78.5 Å². The van der Waals surface area contributed by atoms with E-state index in [2.05, 4.69) is 0 Å². The molecule has 5 heteroatoms. The topological polar surface area (TPSA) is 35.0 Å². The predicted octanol–water partition coefficient (Wildman–Crippen LogP) is -1.03. The van der Waals surface area contributed by atoms with Gasteiger partial charge in [-0.15, -0.1) is 0 Å².